The Balaban J connectivity index is 0.00000450. The molecule has 2 N–H and O–H groups in total. The van der Waals surface area contributed by atoms with Gasteiger partial charge in [-0.2, -0.15) is 0 Å². The summed E-state index contributed by atoms with van der Waals surface area (Å²) in [6, 6.07) is 10.9. The van der Waals surface area contributed by atoms with E-state index in [1.807, 2.05) is 13.1 Å². The van der Waals surface area contributed by atoms with Gasteiger partial charge < -0.3 is 20.3 Å². The highest BCUT2D eigenvalue weighted by molar-refractivity contribution is 14.0. The molecular formula is C23H42IN5O. The Labute approximate surface area is 200 Å². The number of piperazine rings is 1. The maximum Gasteiger partial charge on any atom is 0.191 e. The highest BCUT2D eigenvalue weighted by atomic mass is 127. The summed E-state index contributed by atoms with van der Waals surface area (Å²) in [5.41, 5.74) is 1.22. The molecular weight excluding hydrogens is 489 g/mol. The summed E-state index contributed by atoms with van der Waals surface area (Å²) in [5, 5.41) is 6.95. The van der Waals surface area contributed by atoms with Gasteiger partial charge >= 0.3 is 0 Å². The van der Waals surface area contributed by atoms with Gasteiger partial charge in [-0.25, -0.2) is 0 Å². The van der Waals surface area contributed by atoms with E-state index in [2.05, 4.69) is 77.5 Å². The van der Waals surface area contributed by atoms with Crippen LogP contribution < -0.4 is 10.6 Å². The van der Waals surface area contributed by atoms with Gasteiger partial charge in [-0.15, -0.1) is 24.0 Å². The summed E-state index contributed by atoms with van der Waals surface area (Å²) >= 11 is 0. The molecule has 0 amide bonds. The highest BCUT2D eigenvalue weighted by Gasteiger charge is 2.24. The molecule has 1 saturated heterocycles. The smallest absolute Gasteiger partial charge is 0.191 e. The molecule has 1 aromatic rings. The number of rotatable bonds is 10. The van der Waals surface area contributed by atoms with Gasteiger partial charge in [-0.05, 0) is 31.9 Å². The van der Waals surface area contributed by atoms with Gasteiger partial charge in [-0.3, -0.25) is 9.89 Å². The molecule has 2 rings (SSSR count). The Morgan fingerprint density at radius 3 is 2.33 bits per heavy atom. The molecule has 30 heavy (non-hydrogen) atoms. The average Bonchev–Trinajstić information content (AvgIpc) is 2.73. The monoisotopic (exact) mass is 531 g/mol. The van der Waals surface area contributed by atoms with Crippen LogP contribution in [-0.4, -0.2) is 81.8 Å². The molecule has 1 aliphatic rings. The fourth-order valence-electron chi connectivity index (χ4n) is 3.72. The quantitative estimate of drug-likeness (QED) is 0.210. The van der Waals surface area contributed by atoms with Crippen molar-refractivity contribution in [2.45, 2.75) is 39.3 Å². The second-order valence-corrected chi connectivity index (χ2v) is 8.31. The van der Waals surface area contributed by atoms with Gasteiger partial charge in [0.05, 0.1) is 6.10 Å². The topological polar surface area (TPSA) is 52.1 Å². The third-order valence-corrected chi connectivity index (χ3v) is 5.73. The lowest BCUT2D eigenvalue weighted by Gasteiger charge is -2.40. The normalized spacial score (nSPS) is 18.0. The molecule has 1 aromatic carbocycles. The Morgan fingerprint density at radius 2 is 1.73 bits per heavy atom. The standard InChI is InChI=1S/C23H41N5O.HI/c1-19(2)22(28-15-13-27(5)14-16-28)18-26-23(24-4)25-12-9-17-29-20(3)21-10-7-6-8-11-21;/h6-8,10-11,19-20,22H,9,12-18H2,1-5H3,(H2,24,25,26);1H. The van der Waals surface area contributed by atoms with Crippen molar-refractivity contribution in [1.82, 2.24) is 20.4 Å². The van der Waals surface area contributed by atoms with Gasteiger partial charge in [-0.1, -0.05) is 44.2 Å². The Morgan fingerprint density at radius 1 is 1.07 bits per heavy atom. The molecule has 0 spiro atoms. The Hall–Kier alpha value is -0.900. The van der Waals surface area contributed by atoms with Crippen LogP contribution in [0.25, 0.3) is 0 Å². The molecule has 6 nitrogen and oxygen atoms in total. The number of likely N-dealkylation sites (N-methyl/N-ethyl adjacent to an activating group) is 1. The summed E-state index contributed by atoms with van der Waals surface area (Å²) < 4.78 is 5.95. The van der Waals surface area contributed by atoms with E-state index in [0.717, 1.165) is 58.3 Å². The molecule has 0 aromatic heterocycles. The second kappa shape index (κ2) is 15.0. The molecule has 0 bridgehead atoms. The molecule has 2 unspecified atom stereocenters. The number of benzene rings is 1. The van der Waals surface area contributed by atoms with Gasteiger partial charge in [0.2, 0.25) is 0 Å². The van der Waals surface area contributed by atoms with E-state index in [9.17, 15) is 0 Å². The molecule has 1 fully saturated rings. The number of hydrogen-bond acceptors (Lipinski definition) is 4. The maximum absolute atomic E-state index is 5.95. The van der Waals surface area contributed by atoms with E-state index in [4.69, 9.17) is 4.74 Å². The summed E-state index contributed by atoms with van der Waals surface area (Å²) in [7, 11) is 4.04. The molecule has 2 atom stereocenters. The first-order valence-corrected chi connectivity index (χ1v) is 11.0. The second-order valence-electron chi connectivity index (χ2n) is 8.31. The van der Waals surface area contributed by atoms with E-state index in [1.165, 1.54) is 5.56 Å². The van der Waals surface area contributed by atoms with Crippen molar-refractivity contribution < 1.29 is 4.74 Å². The number of nitrogens with one attached hydrogen (secondary N) is 2. The zero-order chi connectivity index (χ0) is 21.1. The fraction of sp³-hybridized carbons (Fsp3) is 0.696. The lowest BCUT2D eigenvalue weighted by atomic mass is 10.0. The minimum atomic E-state index is 0. The van der Waals surface area contributed by atoms with Crippen molar-refractivity contribution in [3.05, 3.63) is 35.9 Å². The first-order chi connectivity index (χ1) is 14.0. The molecule has 0 aliphatic carbocycles. The SMILES string of the molecule is CN=C(NCCCOC(C)c1ccccc1)NCC(C(C)C)N1CCN(C)CC1.I. The van der Waals surface area contributed by atoms with Crippen LogP contribution in [0.5, 0.6) is 0 Å². The Kier molecular flexibility index (Phi) is 13.6. The van der Waals surface area contributed by atoms with Crippen LogP contribution in [0.2, 0.25) is 0 Å². The zero-order valence-corrected chi connectivity index (χ0v) is 21.8. The van der Waals surface area contributed by atoms with Crippen LogP contribution in [0, 0.1) is 5.92 Å². The van der Waals surface area contributed by atoms with Crippen LogP contribution >= 0.6 is 24.0 Å². The third-order valence-electron chi connectivity index (χ3n) is 5.73. The number of halogens is 1. The Bertz CT molecular complexity index is 591. The number of guanidine groups is 1. The summed E-state index contributed by atoms with van der Waals surface area (Å²) in [6.45, 7) is 13.8. The minimum Gasteiger partial charge on any atom is -0.374 e. The highest BCUT2D eigenvalue weighted by Crippen LogP contribution is 2.16. The maximum atomic E-state index is 5.95. The van der Waals surface area contributed by atoms with Crippen molar-refractivity contribution in [2.24, 2.45) is 10.9 Å². The van der Waals surface area contributed by atoms with Gasteiger partial charge in [0.25, 0.3) is 0 Å². The van der Waals surface area contributed by atoms with Crippen LogP contribution in [0.4, 0.5) is 0 Å². The molecule has 0 radical (unpaired) electrons. The van der Waals surface area contributed by atoms with E-state index >= 15 is 0 Å². The van der Waals surface area contributed by atoms with Crippen LogP contribution in [0.3, 0.4) is 0 Å². The molecule has 1 heterocycles. The number of nitrogens with zero attached hydrogens (tertiary/aromatic N) is 3. The number of aliphatic imine (C=N–C) groups is 1. The van der Waals surface area contributed by atoms with E-state index in [1.54, 1.807) is 0 Å². The number of ether oxygens (including phenoxy) is 1. The van der Waals surface area contributed by atoms with Crippen LogP contribution in [-0.2, 0) is 4.74 Å². The van der Waals surface area contributed by atoms with Gasteiger partial charge in [0, 0.05) is 59.0 Å². The van der Waals surface area contributed by atoms with Crippen molar-refractivity contribution in [1.29, 1.82) is 0 Å². The summed E-state index contributed by atoms with van der Waals surface area (Å²) in [4.78, 5) is 9.40. The van der Waals surface area contributed by atoms with Crippen molar-refractivity contribution >= 4 is 29.9 Å². The van der Waals surface area contributed by atoms with Crippen molar-refractivity contribution in [3.63, 3.8) is 0 Å². The van der Waals surface area contributed by atoms with Gasteiger partial charge in [0.1, 0.15) is 0 Å². The van der Waals surface area contributed by atoms with Gasteiger partial charge in [0.15, 0.2) is 5.96 Å². The predicted octanol–water partition coefficient (Wildman–Crippen LogP) is 3.21. The largest absolute Gasteiger partial charge is 0.374 e. The number of hydrogen-bond donors (Lipinski definition) is 2. The lowest BCUT2D eigenvalue weighted by molar-refractivity contribution is 0.0646. The molecule has 172 valence electrons. The third kappa shape index (κ3) is 9.49. The van der Waals surface area contributed by atoms with Crippen LogP contribution in [0.1, 0.15) is 38.9 Å². The average molecular weight is 532 g/mol. The summed E-state index contributed by atoms with van der Waals surface area (Å²) in [6.07, 6.45) is 1.08. The van der Waals surface area contributed by atoms with E-state index in [-0.39, 0.29) is 30.1 Å². The summed E-state index contributed by atoms with van der Waals surface area (Å²) in [5.74, 6) is 1.48. The first kappa shape index (κ1) is 27.1. The molecule has 0 saturated carbocycles. The fourth-order valence-corrected chi connectivity index (χ4v) is 3.72. The zero-order valence-electron chi connectivity index (χ0n) is 19.4. The van der Waals surface area contributed by atoms with E-state index < -0.39 is 0 Å². The minimum absolute atomic E-state index is 0. The van der Waals surface area contributed by atoms with Crippen molar-refractivity contribution in [2.75, 3.05) is 60.0 Å². The molecule has 1 aliphatic heterocycles. The predicted molar refractivity (Wildman–Crippen MR) is 138 cm³/mol. The van der Waals surface area contributed by atoms with Crippen LogP contribution in [0.15, 0.2) is 35.3 Å². The van der Waals surface area contributed by atoms with E-state index in [0.29, 0.717) is 12.0 Å². The lowest BCUT2D eigenvalue weighted by Crippen LogP contribution is -2.55. The van der Waals surface area contributed by atoms with Crippen molar-refractivity contribution in [3.8, 4) is 0 Å². The molecule has 7 heteroatoms. The first-order valence-electron chi connectivity index (χ1n) is 11.0.